The molecule has 0 aromatic carbocycles. The van der Waals surface area contributed by atoms with Gasteiger partial charge in [0.1, 0.15) is 0 Å². The van der Waals surface area contributed by atoms with Gasteiger partial charge in [0.05, 0.1) is 6.54 Å². The van der Waals surface area contributed by atoms with Crippen LogP contribution in [0, 0.1) is 0 Å². The topological polar surface area (TPSA) is 35.6 Å². The molecule has 0 bridgehead atoms. The molecule has 1 saturated heterocycles. The van der Waals surface area contributed by atoms with Crippen LogP contribution in [0.3, 0.4) is 0 Å². The Morgan fingerprint density at radius 3 is 2.67 bits per heavy atom. The molecule has 1 heterocycles. The van der Waals surface area contributed by atoms with Gasteiger partial charge in [0.2, 0.25) is 5.91 Å². The Kier molecular flexibility index (Phi) is 7.28. The van der Waals surface area contributed by atoms with E-state index in [0.29, 0.717) is 12.6 Å². The zero-order valence-corrected chi connectivity index (χ0v) is 12.2. The van der Waals surface area contributed by atoms with Crippen molar-refractivity contribution in [1.82, 2.24) is 15.1 Å². The van der Waals surface area contributed by atoms with Gasteiger partial charge in [-0.2, -0.15) is 0 Å². The molecule has 106 valence electrons. The Morgan fingerprint density at radius 1 is 1.33 bits per heavy atom. The molecule has 1 rings (SSSR count). The van der Waals surface area contributed by atoms with Gasteiger partial charge >= 0.3 is 0 Å². The number of amides is 1. The lowest BCUT2D eigenvalue weighted by Gasteiger charge is -2.32. The molecule has 1 atom stereocenters. The van der Waals surface area contributed by atoms with E-state index in [-0.39, 0.29) is 5.91 Å². The minimum Gasteiger partial charge on any atom is -0.342 e. The number of piperidine rings is 1. The van der Waals surface area contributed by atoms with Crippen molar-refractivity contribution < 1.29 is 4.79 Å². The Labute approximate surface area is 112 Å². The third kappa shape index (κ3) is 4.94. The molecule has 1 fully saturated rings. The van der Waals surface area contributed by atoms with Crippen LogP contribution in [-0.4, -0.2) is 61.5 Å². The summed E-state index contributed by atoms with van der Waals surface area (Å²) in [6, 6.07) is 0.704. The minimum absolute atomic E-state index is 0.219. The van der Waals surface area contributed by atoms with Gasteiger partial charge in [-0.15, -0.1) is 0 Å². The average molecular weight is 255 g/mol. The zero-order valence-electron chi connectivity index (χ0n) is 12.2. The van der Waals surface area contributed by atoms with Crippen molar-refractivity contribution in [2.75, 3.05) is 39.8 Å². The summed E-state index contributed by atoms with van der Waals surface area (Å²) in [7, 11) is 2.21. The number of carbonyl (C=O) groups is 1. The quantitative estimate of drug-likeness (QED) is 0.697. The van der Waals surface area contributed by atoms with E-state index in [9.17, 15) is 4.79 Å². The number of nitrogens with zero attached hydrogens (tertiary/aromatic N) is 2. The molecule has 0 radical (unpaired) electrons. The summed E-state index contributed by atoms with van der Waals surface area (Å²) in [5.41, 5.74) is 0. The van der Waals surface area contributed by atoms with Crippen LogP contribution >= 0.6 is 0 Å². The number of likely N-dealkylation sites (tertiary alicyclic amines) is 1. The lowest BCUT2D eigenvalue weighted by atomic mass is 10.0. The SMILES string of the molecule is CCN(CC)C(=O)CNCCC1CCCCN1C. The second kappa shape index (κ2) is 8.48. The van der Waals surface area contributed by atoms with Gasteiger partial charge in [0, 0.05) is 19.1 Å². The normalized spacial score (nSPS) is 20.9. The molecule has 1 N–H and O–H groups in total. The molecule has 4 heteroatoms. The second-order valence-corrected chi connectivity index (χ2v) is 5.16. The Balaban J connectivity index is 2.12. The predicted molar refractivity (Wildman–Crippen MR) is 75.7 cm³/mol. The van der Waals surface area contributed by atoms with Crippen molar-refractivity contribution in [3.8, 4) is 0 Å². The standard InChI is InChI=1S/C14H29N3O/c1-4-17(5-2)14(18)12-15-10-9-13-8-6-7-11-16(13)3/h13,15H,4-12H2,1-3H3. The second-order valence-electron chi connectivity index (χ2n) is 5.16. The smallest absolute Gasteiger partial charge is 0.236 e. The maximum absolute atomic E-state index is 11.8. The van der Waals surface area contributed by atoms with Crippen molar-refractivity contribution in [3.63, 3.8) is 0 Å². The summed E-state index contributed by atoms with van der Waals surface area (Å²) in [4.78, 5) is 16.1. The minimum atomic E-state index is 0.219. The van der Waals surface area contributed by atoms with E-state index in [1.165, 1.54) is 25.8 Å². The molecule has 1 unspecified atom stereocenters. The molecule has 0 aromatic heterocycles. The summed E-state index contributed by atoms with van der Waals surface area (Å²) in [6.07, 6.45) is 5.15. The van der Waals surface area contributed by atoms with Gasteiger partial charge in [0.25, 0.3) is 0 Å². The number of nitrogens with one attached hydrogen (secondary N) is 1. The van der Waals surface area contributed by atoms with Crippen LogP contribution in [0.5, 0.6) is 0 Å². The summed E-state index contributed by atoms with van der Waals surface area (Å²) in [5, 5.41) is 3.28. The van der Waals surface area contributed by atoms with Gasteiger partial charge < -0.3 is 15.1 Å². The predicted octanol–water partition coefficient (Wildman–Crippen LogP) is 1.32. The molecule has 0 spiro atoms. The molecule has 0 aromatic rings. The highest BCUT2D eigenvalue weighted by Crippen LogP contribution is 2.16. The average Bonchev–Trinajstić information content (AvgIpc) is 2.38. The highest BCUT2D eigenvalue weighted by atomic mass is 16.2. The maximum atomic E-state index is 11.8. The molecule has 1 aliphatic heterocycles. The molecular formula is C14H29N3O. The lowest BCUT2D eigenvalue weighted by Crippen LogP contribution is -2.41. The third-order valence-electron chi connectivity index (χ3n) is 3.97. The van der Waals surface area contributed by atoms with Crippen molar-refractivity contribution >= 4 is 5.91 Å². The number of hydrogen-bond acceptors (Lipinski definition) is 3. The van der Waals surface area contributed by atoms with E-state index in [4.69, 9.17) is 0 Å². The van der Waals surface area contributed by atoms with Crippen LogP contribution in [0.15, 0.2) is 0 Å². The van der Waals surface area contributed by atoms with Gasteiger partial charge in [-0.05, 0) is 53.2 Å². The first-order chi connectivity index (χ1) is 8.69. The number of carbonyl (C=O) groups excluding carboxylic acids is 1. The molecule has 1 aliphatic rings. The number of rotatable bonds is 7. The van der Waals surface area contributed by atoms with Crippen molar-refractivity contribution in [2.24, 2.45) is 0 Å². The first kappa shape index (κ1) is 15.4. The molecule has 0 saturated carbocycles. The van der Waals surface area contributed by atoms with E-state index in [2.05, 4.69) is 17.3 Å². The molecule has 18 heavy (non-hydrogen) atoms. The van der Waals surface area contributed by atoms with Crippen LogP contribution in [0.4, 0.5) is 0 Å². The third-order valence-corrected chi connectivity index (χ3v) is 3.97. The van der Waals surface area contributed by atoms with Crippen LogP contribution in [-0.2, 0) is 4.79 Å². The number of likely N-dealkylation sites (N-methyl/N-ethyl adjacent to an activating group) is 1. The fourth-order valence-electron chi connectivity index (χ4n) is 2.66. The molecule has 1 amide bonds. The van der Waals surface area contributed by atoms with Crippen LogP contribution in [0.1, 0.15) is 39.5 Å². The van der Waals surface area contributed by atoms with Gasteiger partial charge in [-0.25, -0.2) is 0 Å². The first-order valence-electron chi connectivity index (χ1n) is 7.37. The van der Waals surface area contributed by atoms with E-state index in [0.717, 1.165) is 26.1 Å². The number of hydrogen-bond donors (Lipinski definition) is 1. The van der Waals surface area contributed by atoms with Crippen LogP contribution < -0.4 is 5.32 Å². The van der Waals surface area contributed by atoms with Crippen LogP contribution in [0.25, 0.3) is 0 Å². The maximum Gasteiger partial charge on any atom is 0.236 e. The summed E-state index contributed by atoms with van der Waals surface area (Å²) in [6.45, 7) is 8.32. The largest absolute Gasteiger partial charge is 0.342 e. The monoisotopic (exact) mass is 255 g/mol. The first-order valence-corrected chi connectivity index (χ1v) is 7.37. The van der Waals surface area contributed by atoms with E-state index >= 15 is 0 Å². The molecule has 0 aliphatic carbocycles. The van der Waals surface area contributed by atoms with Gasteiger partial charge in [-0.1, -0.05) is 6.42 Å². The van der Waals surface area contributed by atoms with Crippen molar-refractivity contribution in [2.45, 2.75) is 45.6 Å². The molecule has 4 nitrogen and oxygen atoms in total. The van der Waals surface area contributed by atoms with E-state index < -0.39 is 0 Å². The van der Waals surface area contributed by atoms with Gasteiger partial charge in [0.15, 0.2) is 0 Å². The highest BCUT2D eigenvalue weighted by molar-refractivity contribution is 5.78. The van der Waals surface area contributed by atoms with Crippen molar-refractivity contribution in [3.05, 3.63) is 0 Å². The Hall–Kier alpha value is -0.610. The summed E-state index contributed by atoms with van der Waals surface area (Å²) >= 11 is 0. The molecular weight excluding hydrogens is 226 g/mol. The lowest BCUT2D eigenvalue weighted by molar-refractivity contribution is -0.129. The fraction of sp³-hybridized carbons (Fsp3) is 0.929. The van der Waals surface area contributed by atoms with Crippen LogP contribution in [0.2, 0.25) is 0 Å². The summed E-state index contributed by atoms with van der Waals surface area (Å²) in [5.74, 6) is 0.219. The Morgan fingerprint density at radius 2 is 2.06 bits per heavy atom. The van der Waals surface area contributed by atoms with E-state index in [1.807, 2.05) is 18.7 Å². The van der Waals surface area contributed by atoms with E-state index in [1.54, 1.807) is 0 Å². The Bertz CT molecular complexity index is 241. The van der Waals surface area contributed by atoms with Gasteiger partial charge in [-0.3, -0.25) is 4.79 Å². The van der Waals surface area contributed by atoms with Crippen molar-refractivity contribution in [1.29, 1.82) is 0 Å². The fourth-order valence-corrected chi connectivity index (χ4v) is 2.66. The summed E-state index contributed by atoms with van der Waals surface area (Å²) < 4.78 is 0. The zero-order chi connectivity index (χ0) is 13.4. The highest BCUT2D eigenvalue weighted by Gasteiger charge is 2.18.